The van der Waals surface area contributed by atoms with Crippen molar-refractivity contribution in [3.8, 4) is 5.75 Å². The number of rotatable bonds is 7. The molecule has 0 spiro atoms. The Hall–Kier alpha value is -1.54. The molecule has 19 heavy (non-hydrogen) atoms. The van der Waals surface area contributed by atoms with E-state index >= 15 is 0 Å². The topological polar surface area (TPSA) is 93.5 Å². The lowest BCUT2D eigenvalue weighted by atomic mass is 10.2. The van der Waals surface area contributed by atoms with Crippen LogP contribution in [0.15, 0.2) is 12.1 Å². The van der Waals surface area contributed by atoms with Crippen molar-refractivity contribution >= 4 is 21.4 Å². The van der Waals surface area contributed by atoms with Crippen molar-refractivity contribution < 1.29 is 17.5 Å². The smallest absolute Gasteiger partial charge is 0.208 e. The van der Waals surface area contributed by atoms with Crippen LogP contribution in [0, 0.1) is 5.82 Å². The fraction of sp³-hybridized carbons (Fsp3) is 0.455. The molecule has 6 nitrogen and oxygen atoms in total. The van der Waals surface area contributed by atoms with E-state index in [0.29, 0.717) is 18.8 Å². The van der Waals surface area contributed by atoms with E-state index in [1.807, 2.05) is 0 Å². The Morgan fingerprint density at radius 1 is 1.37 bits per heavy atom. The molecule has 0 heterocycles. The van der Waals surface area contributed by atoms with E-state index in [9.17, 15) is 12.8 Å². The van der Waals surface area contributed by atoms with Crippen molar-refractivity contribution in [2.24, 2.45) is 0 Å². The van der Waals surface area contributed by atoms with Crippen LogP contribution in [0.5, 0.6) is 5.75 Å². The number of sulfonamides is 1. The quantitative estimate of drug-likeness (QED) is 0.509. The van der Waals surface area contributed by atoms with Crippen LogP contribution in [0.3, 0.4) is 0 Å². The first kappa shape index (κ1) is 15.5. The lowest BCUT2D eigenvalue weighted by Gasteiger charge is -2.12. The fourth-order valence-electron chi connectivity index (χ4n) is 1.42. The second-order valence-electron chi connectivity index (χ2n) is 3.90. The number of hydrogen-bond donors (Lipinski definition) is 3. The number of nitrogen functional groups attached to an aromatic ring is 1. The molecule has 1 aromatic carbocycles. The van der Waals surface area contributed by atoms with Gasteiger partial charge in [-0.2, -0.15) is 0 Å². The van der Waals surface area contributed by atoms with Gasteiger partial charge in [0, 0.05) is 25.2 Å². The van der Waals surface area contributed by atoms with Crippen molar-refractivity contribution in [1.29, 1.82) is 0 Å². The Kier molecular flexibility index (Phi) is 5.37. The zero-order valence-electron chi connectivity index (χ0n) is 10.9. The van der Waals surface area contributed by atoms with Gasteiger partial charge in [0.1, 0.15) is 0 Å². The molecule has 0 saturated heterocycles. The molecule has 0 aromatic heterocycles. The average Bonchev–Trinajstić information content (AvgIpc) is 2.28. The summed E-state index contributed by atoms with van der Waals surface area (Å²) in [5.74, 6) is -0.422. The third-order valence-electron chi connectivity index (χ3n) is 2.21. The van der Waals surface area contributed by atoms with Gasteiger partial charge in [0.25, 0.3) is 0 Å². The van der Waals surface area contributed by atoms with Crippen molar-refractivity contribution in [2.75, 3.05) is 37.0 Å². The second kappa shape index (κ2) is 6.58. The molecule has 0 aliphatic carbocycles. The van der Waals surface area contributed by atoms with E-state index in [1.165, 1.54) is 6.07 Å². The Bertz CT molecular complexity index is 534. The van der Waals surface area contributed by atoms with Crippen LogP contribution in [0.2, 0.25) is 0 Å². The van der Waals surface area contributed by atoms with Gasteiger partial charge in [-0.1, -0.05) is 0 Å². The van der Waals surface area contributed by atoms with E-state index in [-0.39, 0.29) is 18.0 Å². The molecule has 1 rings (SSSR count). The number of anilines is 2. The maximum atomic E-state index is 13.4. The summed E-state index contributed by atoms with van der Waals surface area (Å²) in [6, 6.07) is 2.62. The molecule has 0 aliphatic rings. The summed E-state index contributed by atoms with van der Waals surface area (Å²) in [5.41, 5.74) is 6.39. The Morgan fingerprint density at radius 3 is 2.63 bits per heavy atom. The van der Waals surface area contributed by atoms with Gasteiger partial charge in [-0.05, 0) is 6.92 Å². The van der Waals surface area contributed by atoms with E-state index in [0.717, 1.165) is 12.3 Å². The lowest BCUT2D eigenvalue weighted by Crippen LogP contribution is -2.27. The van der Waals surface area contributed by atoms with Crippen LogP contribution in [0.1, 0.15) is 6.92 Å². The zero-order chi connectivity index (χ0) is 14.5. The summed E-state index contributed by atoms with van der Waals surface area (Å²) in [6.45, 7) is 2.63. The third kappa shape index (κ3) is 5.31. The predicted octanol–water partition coefficient (Wildman–Crippen LogP) is 0.768. The number of nitrogens with two attached hydrogens (primary N) is 1. The maximum Gasteiger partial charge on any atom is 0.208 e. The number of hydrogen-bond acceptors (Lipinski definition) is 5. The van der Waals surface area contributed by atoms with Crippen LogP contribution in [-0.4, -0.2) is 34.4 Å². The minimum Gasteiger partial charge on any atom is -0.491 e. The highest BCUT2D eigenvalue weighted by Crippen LogP contribution is 2.27. The Labute approximate surface area is 112 Å². The van der Waals surface area contributed by atoms with E-state index in [1.54, 1.807) is 6.92 Å². The molecule has 0 amide bonds. The van der Waals surface area contributed by atoms with Gasteiger partial charge >= 0.3 is 0 Å². The molecule has 4 N–H and O–H groups in total. The van der Waals surface area contributed by atoms with Gasteiger partial charge in [-0.25, -0.2) is 17.5 Å². The van der Waals surface area contributed by atoms with Crippen LogP contribution in [0.25, 0.3) is 0 Å². The van der Waals surface area contributed by atoms with E-state index in [2.05, 4.69) is 10.0 Å². The van der Waals surface area contributed by atoms with Gasteiger partial charge in [0.2, 0.25) is 10.0 Å². The summed E-state index contributed by atoms with van der Waals surface area (Å²) in [6.07, 6.45) is 1.08. The van der Waals surface area contributed by atoms with Crippen molar-refractivity contribution in [3.63, 3.8) is 0 Å². The minimum atomic E-state index is -3.22. The molecule has 0 unspecified atom stereocenters. The monoisotopic (exact) mass is 291 g/mol. The van der Waals surface area contributed by atoms with Gasteiger partial charge in [0.15, 0.2) is 11.6 Å². The molecular weight excluding hydrogens is 273 g/mol. The molecule has 0 saturated carbocycles. The normalized spacial score (nSPS) is 11.3. The highest BCUT2D eigenvalue weighted by atomic mass is 32.2. The number of benzene rings is 1. The van der Waals surface area contributed by atoms with Crippen molar-refractivity contribution in [3.05, 3.63) is 17.9 Å². The molecule has 0 atom stereocenters. The lowest BCUT2D eigenvalue weighted by molar-refractivity contribution is 0.322. The summed E-state index contributed by atoms with van der Waals surface area (Å²) >= 11 is 0. The van der Waals surface area contributed by atoms with Gasteiger partial charge in [-0.15, -0.1) is 0 Å². The average molecular weight is 291 g/mol. The summed E-state index contributed by atoms with van der Waals surface area (Å²) in [4.78, 5) is 0. The summed E-state index contributed by atoms with van der Waals surface area (Å²) < 4.78 is 42.6. The predicted molar refractivity (Wildman–Crippen MR) is 73.3 cm³/mol. The first-order chi connectivity index (χ1) is 8.83. The first-order valence-electron chi connectivity index (χ1n) is 5.74. The third-order valence-corrected chi connectivity index (χ3v) is 2.94. The van der Waals surface area contributed by atoms with Gasteiger partial charge in [0.05, 0.1) is 24.2 Å². The molecule has 0 bridgehead atoms. The van der Waals surface area contributed by atoms with Crippen molar-refractivity contribution in [2.45, 2.75) is 6.92 Å². The largest absolute Gasteiger partial charge is 0.491 e. The fourth-order valence-corrected chi connectivity index (χ4v) is 1.89. The molecule has 0 radical (unpaired) electrons. The van der Waals surface area contributed by atoms with Crippen molar-refractivity contribution in [1.82, 2.24) is 4.72 Å². The van der Waals surface area contributed by atoms with Crippen LogP contribution in [0.4, 0.5) is 15.8 Å². The minimum absolute atomic E-state index is 0.107. The number of nitrogens with one attached hydrogen (secondary N) is 2. The van der Waals surface area contributed by atoms with Gasteiger partial charge < -0.3 is 15.8 Å². The highest BCUT2D eigenvalue weighted by Gasteiger charge is 2.08. The molecular formula is C11H18FN3O3S. The van der Waals surface area contributed by atoms with Crippen LogP contribution < -0.4 is 20.5 Å². The summed E-state index contributed by atoms with van der Waals surface area (Å²) in [5, 5.41) is 2.91. The summed E-state index contributed by atoms with van der Waals surface area (Å²) in [7, 11) is -3.22. The SMILES string of the molecule is CCOc1cc(NCCNS(C)(=O)=O)c(N)cc1F. The molecule has 8 heteroatoms. The van der Waals surface area contributed by atoms with E-state index in [4.69, 9.17) is 10.5 Å². The van der Waals surface area contributed by atoms with Gasteiger partial charge in [-0.3, -0.25) is 0 Å². The van der Waals surface area contributed by atoms with Crippen LogP contribution >= 0.6 is 0 Å². The standard InChI is InChI=1S/C11H18FN3O3S/c1-3-18-11-7-10(9(13)6-8(11)12)14-4-5-15-19(2,16)17/h6-7,14-15H,3-5,13H2,1-2H3. The first-order valence-corrected chi connectivity index (χ1v) is 7.63. The number of ether oxygens (including phenoxy) is 1. The molecule has 0 fully saturated rings. The molecule has 1 aromatic rings. The second-order valence-corrected chi connectivity index (χ2v) is 5.73. The highest BCUT2D eigenvalue weighted by molar-refractivity contribution is 7.88. The Morgan fingerprint density at radius 2 is 2.05 bits per heavy atom. The van der Waals surface area contributed by atoms with Crippen LogP contribution in [-0.2, 0) is 10.0 Å². The Balaban J connectivity index is 2.65. The maximum absolute atomic E-state index is 13.4. The molecule has 108 valence electrons. The molecule has 0 aliphatic heterocycles. The number of halogens is 1. The zero-order valence-corrected chi connectivity index (χ0v) is 11.7. The van der Waals surface area contributed by atoms with E-state index < -0.39 is 15.8 Å².